The van der Waals surface area contributed by atoms with Crippen molar-refractivity contribution in [3.05, 3.63) is 108 Å². The second-order valence-corrected chi connectivity index (χ2v) is 9.72. The summed E-state index contributed by atoms with van der Waals surface area (Å²) >= 11 is 4.71. The van der Waals surface area contributed by atoms with Gasteiger partial charge in [0, 0.05) is 22.4 Å². The number of carbonyl (C=O) groups excluding carboxylic acids is 1. The van der Waals surface area contributed by atoms with E-state index in [1.807, 2.05) is 42.5 Å². The van der Waals surface area contributed by atoms with Crippen LogP contribution < -0.4 is 14.9 Å². The lowest BCUT2D eigenvalue weighted by atomic mass is 10.0. The first-order valence-corrected chi connectivity index (χ1v) is 12.5. The molecule has 9 heteroatoms. The number of pyridine rings is 1. The number of hydrogen-bond acceptors (Lipinski definition) is 7. The van der Waals surface area contributed by atoms with Crippen LogP contribution in [0.4, 0.5) is 0 Å². The molecule has 3 aromatic heterocycles. The summed E-state index contributed by atoms with van der Waals surface area (Å²) in [7, 11) is 0. The normalized spacial score (nSPS) is 15.6. The summed E-state index contributed by atoms with van der Waals surface area (Å²) in [5.41, 5.74) is 2.24. The van der Waals surface area contributed by atoms with Gasteiger partial charge < -0.3 is 9.15 Å². The molecule has 7 nitrogen and oxygen atoms in total. The second kappa shape index (κ2) is 9.59. The molecule has 0 bridgehead atoms. The van der Waals surface area contributed by atoms with Crippen LogP contribution in [0.5, 0.6) is 0 Å². The molecule has 4 heterocycles. The van der Waals surface area contributed by atoms with Crippen molar-refractivity contribution in [2.24, 2.45) is 4.99 Å². The van der Waals surface area contributed by atoms with Crippen LogP contribution in [-0.2, 0) is 9.53 Å². The maximum absolute atomic E-state index is 13.6. The van der Waals surface area contributed by atoms with Crippen LogP contribution in [0.1, 0.15) is 31.2 Å². The summed E-state index contributed by atoms with van der Waals surface area (Å²) in [4.78, 5) is 35.7. The zero-order valence-electron chi connectivity index (χ0n) is 18.9. The van der Waals surface area contributed by atoms with Crippen LogP contribution in [-0.4, -0.2) is 22.1 Å². The smallest absolute Gasteiger partial charge is 0.338 e. The summed E-state index contributed by atoms with van der Waals surface area (Å²) in [6, 6.07) is 14.2. The van der Waals surface area contributed by atoms with Crippen LogP contribution in [0, 0.1) is 0 Å². The van der Waals surface area contributed by atoms with Gasteiger partial charge in [0.05, 0.1) is 22.4 Å². The van der Waals surface area contributed by atoms with Crippen molar-refractivity contribution in [3.63, 3.8) is 0 Å². The molecule has 1 aliphatic rings. The quantitative estimate of drug-likeness (QED) is 0.348. The fourth-order valence-corrected chi connectivity index (χ4v) is 5.25. The molecule has 35 heavy (non-hydrogen) atoms. The SMILES string of the molecule is CCOC(=O)C1=C(C)N=c2s/c(=C\c3ccncc3)c(=O)n2[C@H]1c1ccc(-c2ccc(Br)cc2)o1. The van der Waals surface area contributed by atoms with Gasteiger partial charge in [0.25, 0.3) is 5.56 Å². The number of ether oxygens (including phenoxy) is 1. The van der Waals surface area contributed by atoms with E-state index < -0.39 is 12.0 Å². The Hall–Kier alpha value is -3.56. The molecule has 0 spiro atoms. The van der Waals surface area contributed by atoms with Gasteiger partial charge in [0.1, 0.15) is 17.6 Å². The molecule has 0 amide bonds. The Kier molecular flexibility index (Phi) is 6.36. The van der Waals surface area contributed by atoms with Crippen molar-refractivity contribution in [2.45, 2.75) is 19.9 Å². The Labute approximate surface area is 212 Å². The lowest BCUT2D eigenvalue weighted by molar-refractivity contribution is -0.139. The summed E-state index contributed by atoms with van der Waals surface area (Å²) in [5, 5.41) is 0. The fourth-order valence-electron chi connectivity index (χ4n) is 3.94. The van der Waals surface area contributed by atoms with Gasteiger partial charge in [-0.3, -0.25) is 14.3 Å². The Morgan fingerprint density at radius 1 is 1.17 bits per heavy atom. The van der Waals surface area contributed by atoms with Gasteiger partial charge in [0.2, 0.25) is 0 Å². The Balaban J connectivity index is 1.69. The van der Waals surface area contributed by atoms with Gasteiger partial charge in [-0.15, -0.1) is 0 Å². The van der Waals surface area contributed by atoms with Gasteiger partial charge in [-0.05, 0) is 61.9 Å². The number of rotatable bonds is 5. The number of esters is 1. The standard InChI is InChI=1S/C26H20BrN3O4S/c1-3-33-25(32)22-15(2)29-26-30(24(31)21(35-26)14-16-10-12-28-13-11-16)23(22)20-9-8-19(34-20)17-4-6-18(27)7-5-17/h4-14,23H,3H2,1-2H3/b21-14-/t23-/m0/s1. The predicted octanol–water partition coefficient (Wildman–Crippen LogP) is 4.22. The van der Waals surface area contributed by atoms with Crippen molar-refractivity contribution < 1.29 is 13.9 Å². The topological polar surface area (TPSA) is 86.7 Å². The minimum absolute atomic E-state index is 0.205. The zero-order valence-corrected chi connectivity index (χ0v) is 21.3. The van der Waals surface area contributed by atoms with Crippen LogP contribution in [0.3, 0.4) is 0 Å². The molecular formula is C26H20BrN3O4S. The van der Waals surface area contributed by atoms with Gasteiger partial charge in [-0.2, -0.15) is 0 Å². The third kappa shape index (κ3) is 4.44. The Morgan fingerprint density at radius 2 is 1.91 bits per heavy atom. The highest BCUT2D eigenvalue weighted by Gasteiger charge is 2.35. The number of nitrogens with zero attached hydrogens (tertiary/aromatic N) is 3. The third-order valence-electron chi connectivity index (χ3n) is 5.55. The van der Waals surface area contributed by atoms with Crippen LogP contribution in [0.2, 0.25) is 0 Å². The second-order valence-electron chi connectivity index (χ2n) is 7.79. The molecule has 4 aromatic rings. The van der Waals surface area contributed by atoms with E-state index >= 15 is 0 Å². The lowest BCUT2D eigenvalue weighted by Crippen LogP contribution is -2.39. The van der Waals surface area contributed by atoms with E-state index in [2.05, 4.69) is 25.9 Å². The van der Waals surface area contributed by atoms with E-state index in [0.717, 1.165) is 15.6 Å². The first-order valence-electron chi connectivity index (χ1n) is 10.9. The van der Waals surface area contributed by atoms with Gasteiger partial charge in [-0.25, -0.2) is 9.79 Å². The lowest BCUT2D eigenvalue weighted by Gasteiger charge is -2.22. The van der Waals surface area contributed by atoms with E-state index in [1.165, 1.54) is 15.9 Å². The van der Waals surface area contributed by atoms with Crippen molar-refractivity contribution >= 4 is 39.3 Å². The molecule has 5 rings (SSSR count). The molecule has 1 atom stereocenters. The van der Waals surface area contributed by atoms with Gasteiger partial charge in [-0.1, -0.05) is 39.4 Å². The summed E-state index contributed by atoms with van der Waals surface area (Å²) in [5.74, 6) is 0.560. The van der Waals surface area contributed by atoms with Crippen LogP contribution in [0.25, 0.3) is 17.4 Å². The highest BCUT2D eigenvalue weighted by atomic mass is 79.9. The third-order valence-corrected chi connectivity index (χ3v) is 7.06. The van der Waals surface area contributed by atoms with E-state index in [1.54, 1.807) is 38.4 Å². The average molecular weight is 550 g/mol. The average Bonchev–Trinajstić information content (AvgIpc) is 3.45. The number of aromatic nitrogens is 2. The van der Waals surface area contributed by atoms with E-state index in [9.17, 15) is 9.59 Å². The molecule has 0 unspecified atom stereocenters. The first-order chi connectivity index (χ1) is 17.0. The molecular weight excluding hydrogens is 530 g/mol. The minimum Gasteiger partial charge on any atom is -0.463 e. The van der Waals surface area contributed by atoms with Gasteiger partial charge in [0.15, 0.2) is 4.80 Å². The highest BCUT2D eigenvalue weighted by molar-refractivity contribution is 9.10. The van der Waals surface area contributed by atoms with Crippen LogP contribution >= 0.6 is 27.3 Å². The number of carbonyl (C=O) groups is 1. The first kappa shape index (κ1) is 23.2. The number of fused-ring (bicyclic) bond motifs is 1. The maximum Gasteiger partial charge on any atom is 0.338 e. The van der Waals surface area contributed by atoms with E-state index in [-0.39, 0.29) is 17.7 Å². The molecule has 0 radical (unpaired) electrons. The number of hydrogen-bond donors (Lipinski definition) is 0. The van der Waals surface area contributed by atoms with Crippen molar-refractivity contribution in [2.75, 3.05) is 6.61 Å². The Morgan fingerprint density at radius 3 is 2.63 bits per heavy atom. The number of halogens is 1. The van der Waals surface area contributed by atoms with Crippen molar-refractivity contribution in [3.8, 4) is 11.3 Å². The summed E-state index contributed by atoms with van der Waals surface area (Å²) in [6.45, 7) is 3.69. The van der Waals surface area contributed by atoms with E-state index in [4.69, 9.17) is 9.15 Å². The van der Waals surface area contributed by atoms with E-state index in [0.29, 0.717) is 26.6 Å². The summed E-state index contributed by atoms with van der Waals surface area (Å²) in [6.07, 6.45) is 5.13. The minimum atomic E-state index is -0.797. The number of allylic oxidation sites excluding steroid dienone is 1. The number of thiazole rings is 1. The van der Waals surface area contributed by atoms with Crippen molar-refractivity contribution in [1.29, 1.82) is 0 Å². The molecule has 1 aliphatic heterocycles. The molecule has 0 saturated heterocycles. The largest absolute Gasteiger partial charge is 0.463 e. The molecule has 0 fully saturated rings. The van der Waals surface area contributed by atoms with Crippen molar-refractivity contribution in [1.82, 2.24) is 9.55 Å². The predicted molar refractivity (Wildman–Crippen MR) is 136 cm³/mol. The monoisotopic (exact) mass is 549 g/mol. The van der Waals surface area contributed by atoms with Gasteiger partial charge >= 0.3 is 5.97 Å². The molecule has 0 saturated carbocycles. The molecule has 0 aliphatic carbocycles. The molecule has 0 N–H and O–H groups in total. The van der Waals surface area contributed by atoms with Crippen LogP contribution in [0.15, 0.2) is 90.9 Å². The zero-order chi connectivity index (χ0) is 24.5. The highest BCUT2D eigenvalue weighted by Crippen LogP contribution is 2.34. The number of benzene rings is 1. The maximum atomic E-state index is 13.6. The molecule has 176 valence electrons. The number of furan rings is 1. The fraction of sp³-hybridized carbons (Fsp3) is 0.154. The Bertz CT molecular complexity index is 1620. The molecule has 1 aromatic carbocycles. The summed E-state index contributed by atoms with van der Waals surface area (Å²) < 4.78 is 14.5.